The van der Waals surface area contributed by atoms with Gasteiger partial charge in [-0.1, -0.05) is 11.8 Å². The van der Waals surface area contributed by atoms with E-state index in [2.05, 4.69) is 15.3 Å². The average Bonchev–Trinajstić information content (AvgIpc) is 2.51. The molecule has 0 amide bonds. The van der Waals surface area contributed by atoms with E-state index in [-0.39, 0.29) is 0 Å². The molecule has 0 aliphatic rings. The Morgan fingerprint density at radius 1 is 1.32 bits per heavy atom. The summed E-state index contributed by atoms with van der Waals surface area (Å²) in [6, 6.07) is 9.40. The minimum Gasteiger partial charge on any atom is -0.455 e. The summed E-state index contributed by atoms with van der Waals surface area (Å²) in [5.74, 6) is 1.45. The summed E-state index contributed by atoms with van der Waals surface area (Å²) in [6.07, 6.45) is 5.43. The van der Waals surface area contributed by atoms with Gasteiger partial charge in [-0.3, -0.25) is 10.3 Å². The molecule has 0 radical (unpaired) electrons. The molecule has 0 atom stereocenters. The molecule has 0 aliphatic heterocycles. The van der Waals surface area contributed by atoms with Gasteiger partial charge >= 0.3 is 0 Å². The lowest BCUT2D eigenvalue weighted by molar-refractivity contribution is 0.476. The summed E-state index contributed by atoms with van der Waals surface area (Å²) >= 11 is 1.38. The van der Waals surface area contributed by atoms with Crippen LogP contribution in [-0.4, -0.2) is 16.4 Å². The predicted molar refractivity (Wildman–Crippen MR) is 89.6 cm³/mol. The highest BCUT2D eigenvalue weighted by atomic mass is 32.2. The summed E-state index contributed by atoms with van der Waals surface area (Å²) in [5.41, 5.74) is 2.67. The van der Waals surface area contributed by atoms with Crippen molar-refractivity contribution < 1.29 is 4.74 Å². The molecule has 112 valence electrons. The molecule has 1 N–H and O–H groups in total. The first kappa shape index (κ1) is 15.9. The van der Waals surface area contributed by atoms with Crippen LogP contribution in [-0.2, 0) is 0 Å². The summed E-state index contributed by atoms with van der Waals surface area (Å²) in [4.78, 5) is 8.57. The van der Waals surface area contributed by atoms with Crippen LogP contribution in [0, 0.1) is 25.3 Å². The number of nitriles is 1. The third-order valence-electron chi connectivity index (χ3n) is 2.86. The van der Waals surface area contributed by atoms with Crippen molar-refractivity contribution in [1.82, 2.24) is 10.3 Å². The maximum atomic E-state index is 8.65. The van der Waals surface area contributed by atoms with Gasteiger partial charge in [0.15, 0.2) is 11.4 Å². The molecule has 0 fully saturated rings. The quantitative estimate of drug-likeness (QED) is 0.403. The van der Waals surface area contributed by atoms with Crippen LogP contribution in [0.25, 0.3) is 0 Å². The Morgan fingerprint density at radius 2 is 2.14 bits per heavy atom. The Balaban J connectivity index is 2.19. The molecule has 0 saturated carbocycles. The van der Waals surface area contributed by atoms with Gasteiger partial charge in [0.25, 0.3) is 0 Å². The molecule has 2 aromatic rings. The number of benzene rings is 1. The fraction of sp³-hybridized carbons (Fsp3) is 0.188. The second kappa shape index (κ2) is 7.48. The fourth-order valence-corrected chi connectivity index (χ4v) is 2.09. The molecule has 0 unspecified atom stereocenters. The van der Waals surface area contributed by atoms with Crippen LogP contribution in [0.4, 0.5) is 5.69 Å². The van der Waals surface area contributed by atoms with Gasteiger partial charge in [0.05, 0.1) is 11.9 Å². The standard InChI is InChI=1S/C16H16N4OS/c1-11-8-13(20-16(22-3)19-10-17)5-7-15(11)21-14-6-4-12(2)18-9-14/h4-9H,1-3H3,(H,19,20). The normalized spacial score (nSPS) is 10.9. The molecule has 1 aromatic heterocycles. The number of aryl methyl sites for hydroxylation is 2. The molecule has 0 aliphatic carbocycles. The van der Waals surface area contributed by atoms with E-state index in [9.17, 15) is 0 Å². The Bertz CT molecular complexity index is 720. The van der Waals surface area contributed by atoms with Gasteiger partial charge in [-0.2, -0.15) is 5.26 Å². The van der Waals surface area contributed by atoms with E-state index in [0.717, 1.165) is 22.7 Å². The number of nitrogens with one attached hydrogen (secondary N) is 1. The number of pyridine rings is 1. The Labute approximate surface area is 134 Å². The van der Waals surface area contributed by atoms with E-state index < -0.39 is 0 Å². The van der Waals surface area contributed by atoms with Gasteiger partial charge in [-0.25, -0.2) is 4.99 Å². The highest BCUT2D eigenvalue weighted by molar-refractivity contribution is 8.13. The maximum Gasteiger partial charge on any atom is 0.183 e. The van der Waals surface area contributed by atoms with E-state index in [1.165, 1.54) is 11.8 Å². The van der Waals surface area contributed by atoms with Crippen LogP contribution >= 0.6 is 11.8 Å². The topological polar surface area (TPSA) is 70.3 Å². The van der Waals surface area contributed by atoms with E-state index in [1.807, 2.05) is 56.6 Å². The van der Waals surface area contributed by atoms with E-state index >= 15 is 0 Å². The number of aliphatic imine (C=N–C) groups is 1. The molecule has 0 saturated heterocycles. The number of hydrogen-bond acceptors (Lipinski definition) is 5. The number of amidine groups is 1. The third kappa shape index (κ3) is 4.24. The molecule has 6 heteroatoms. The van der Waals surface area contributed by atoms with Gasteiger partial charge in [-0.15, -0.1) is 0 Å². The van der Waals surface area contributed by atoms with Crippen LogP contribution in [0.1, 0.15) is 11.3 Å². The van der Waals surface area contributed by atoms with Gasteiger partial charge in [-0.05, 0) is 56.0 Å². The molecule has 0 bridgehead atoms. The first-order valence-corrected chi connectivity index (χ1v) is 7.84. The second-order valence-electron chi connectivity index (χ2n) is 4.55. The Hall–Kier alpha value is -2.52. The number of nitrogens with zero attached hydrogens (tertiary/aromatic N) is 3. The Morgan fingerprint density at radius 3 is 2.73 bits per heavy atom. The number of rotatable bonds is 3. The smallest absolute Gasteiger partial charge is 0.183 e. The van der Waals surface area contributed by atoms with Gasteiger partial charge in [0.1, 0.15) is 11.5 Å². The van der Waals surface area contributed by atoms with E-state index in [4.69, 9.17) is 10.00 Å². The number of thioether (sulfide) groups is 1. The minimum absolute atomic E-state index is 0.554. The first-order chi connectivity index (χ1) is 10.6. The van der Waals surface area contributed by atoms with Crippen molar-refractivity contribution in [3.05, 3.63) is 47.8 Å². The lowest BCUT2D eigenvalue weighted by Crippen LogP contribution is -2.12. The summed E-state index contributed by atoms with van der Waals surface area (Å²) in [6.45, 7) is 3.88. The molecule has 0 spiro atoms. The van der Waals surface area contributed by atoms with Crippen molar-refractivity contribution in [3.8, 4) is 17.7 Å². The lowest BCUT2D eigenvalue weighted by Gasteiger charge is -2.09. The third-order valence-corrected chi connectivity index (χ3v) is 3.44. The molecule has 1 heterocycles. The van der Waals surface area contributed by atoms with E-state index in [1.54, 1.807) is 6.20 Å². The largest absolute Gasteiger partial charge is 0.455 e. The highest BCUT2D eigenvalue weighted by Gasteiger charge is 2.04. The molecular weight excluding hydrogens is 296 g/mol. The maximum absolute atomic E-state index is 8.65. The zero-order valence-electron chi connectivity index (χ0n) is 12.6. The highest BCUT2D eigenvalue weighted by Crippen LogP contribution is 2.28. The zero-order valence-corrected chi connectivity index (χ0v) is 13.4. The average molecular weight is 312 g/mol. The number of ether oxygens (including phenoxy) is 1. The fourth-order valence-electron chi connectivity index (χ4n) is 1.75. The van der Waals surface area contributed by atoms with Gasteiger partial charge in [0, 0.05) is 5.69 Å². The van der Waals surface area contributed by atoms with Crippen molar-refractivity contribution in [2.45, 2.75) is 13.8 Å². The van der Waals surface area contributed by atoms with Crippen LogP contribution in [0.5, 0.6) is 11.5 Å². The van der Waals surface area contributed by atoms with E-state index in [0.29, 0.717) is 10.9 Å². The number of hydrogen-bond donors (Lipinski definition) is 1. The van der Waals surface area contributed by atoms with Crippen LogP contribution < -0.4 is 10.1 Å². The van der Waals surface area contributed by atoms with Gasteiger partial charge < -0.3 is 4.74 Å². The zero-order chi connectivity index (χ0) is 15.9. The second-order valence-corrected chi connectivity index (χ2v) is 5.34. The van der Waals surface area contributed by atoms with Crippen molar-refractivity contribution in [3.63, 3.8) is 0 Å². The first-order valence-electron chi connectivity index (χ1n) is 6.61. The monoisotopic (exact) mass is 312 g/mol. The summed E-state index contributed by atoms with van der Waals surface area (Å²) in [5, 5.41) is 11.7. The summed E-state index contributed by atoms with van der Waals surface area (Å²) < 4.78 is 5.81. The molecule has 2 rings (SSSR count). The molecule has 22 heavy (non-hydrogen) atoms. The van der Waals surface area contributed by atoms with Crippen LogP contribution in [0.3, 0.4) is 0 Å². The van der Waals surface area contributed by atoms with Crippen LogP contribution in [0.2, 0.25) is 0 Å². The van der Waals surface area contributed by atoms with Crippen molar-refractivity contribution in [2.75, 3.05) is 6.26 Å². The number of aromatic nitrogens is 1. The van der Waals surface area contributed by atoms with Crippen molar-refractivity contribution in [1.29, 1.82) is 5.26 Å². The molecule has 5 nitrogen and oxygen atoms in total. The minimum atomic E-state index is 0.554. The SMILES string of the molecule is CSC(=Nc1ccc(Oc2ccc(C)nc2)c(C)c1)NC#N. The molecule has 1 aromatic carbocycles. The lowest BCUT2D eigenvalue weighted by atomic mass is 10.2. The van der Waals surface area contributed by atoms with Gasteiger partial charge in [0.2, 0.25) is 0 Å². The predicted octanol–water partition coefficient (Wildman–Crippen LogP) is 3.91. The van der Waals surface area contributed by atoms with Crippen LogP contribution in [0.15, 0.2) is 41.5 Å². The van der Waals surface area contributed by atoms with Crippen molar-refractivity contribution in [2.24, 2.45) is 4.99 Å². The summed E-state index contributed by atoms with van der Waals surface area (Å²) in [7, 11) is 0. The van der Waals surface area contributed by atoms with Crippen molar-refractivity contribution >= 4 is 22.6 Å². The molecular formula is C16H16N4OS. The Kier molecular flexibility index (Phi) is 5.39.